The van der Waals surface area contributed by atoms with Crippen molar-refractivity contribution >= 4 is 23.7 Å². The van der Waals surface area contributed by atoms with Crippen molar-refractivity contribution in [1.29, 1.82) is 0 Å². The average molecular weight is 944 g/mol. The SMILES string of the molecule is C[C@H](NC(=O)[C@H](Cc1ccccc1)NC(=O)[C@@](C)(O)CC(=O)N[C@@H]1O[C@H](COCc2ccccc2)[C@@H](OCc2ccccc2)[C@H](OCc2ccccc2)[C@H]1OCc1ccccc1)C(=O)OC(C)(C)C. The van der Waals surface area contributed by atoms with E-state index in [1.807, 2.05) is 127 Å². The highest BCUT2D eigenvalue weighted by Gasteiger charge is 2.49. The third-order valence-corrected chi connectivity index (χ3v) is 11.2. The van der Waals surface area contributed by atoms with E-state index in [1.54, 1.807) is 45.0 Å². The highest BCUT2D eigenvalue weighted by molar-refractivity contribution is 5.95. The van der Waals surface area contributed by atoms with Gasteiger partial charge in [0.05, 0.1) is 39.5 Å². The first-order valence-electron chi connectivity index (χ1n) is 23.3. The molecule has 14 heteroatoms. The Balaban J connectivity index is 1.25. The van der Waals surface area contributed by atoms with Gasteiger partial charge in [0.25, 0.3) is 5.91 Å². The molecular formula is C55H65N3O11. The van der Waals surface area contributed by atoms with Crippen LogP contribution >= 0.6 is 0 Å². The van der Waals surface area contributed by atoms with Gasteiger partial charge in [-0.3, -0.25) is 14.4 Å². The molecule has 6 rings (SSSR count). The summed E-state index contributed by atoms with van der Waals surface area (Å²) in [6.07, 6.45) is -5.36. The molecule has 1 saturated heterocycles. The second-order valence-corrected chi connectivity index (χ2v) is 18.4. The molecule has 0 unspecified atom stereocenters. The molecular weight excluding hydrogens is 879 g/mol. The highest BCUT2D eigenvalue weighted by atomic mass is 16.6. The van der Waals surface area contributed by atoms with Gasteiger partial charge >= 0.3 is 5.97 Å². The zero-order chi connectivity index (χ0) is 49.2. The molecule has 0 spiro atoms. The van der Waals surface area contributed by atoms with Gasteiger partial charge in [-0.1, -0.05) is 152 Å². The van der Waals surface area contributed by atoms with Crippen LogP contribution in [0.4, 0.5) is 0 Å². The Kier molecular flexibility index (Phi) is 19.2. The molecule has 1 fully saturated rings. The van der Waals surface area contributed by atoms with Crippen LogP contribution in [-0.2, 0) is 80.4 Å². The lowest BCUT2D eigenvalue weighted by atomic mass is 9.95. The van der Waals surface area contributed by atoms with Crippen LogP contribution < -0.4 is 16.0 Å². The quantitative estimate of drug-likeness (QED) is 0.0525. The number of amides is 3. The van der Waals surface area contributed by atoms with Crippen molar-refractivity contribution in [3.05, 3.63) is 179 Å². The fraction of sp³-hybridized carbons (Fsp3) is 0.382. The monoisotopic (exact) mass is 943 g/mol. The molecule has 8 atom stereocenters. The summed E-state index contributed by atoms with van der Waals surface area (Å²) >= 11 is 0. The van der Waals surface area contributed by atoms with Crippen LogP contribution in [0.3, 0.4) is 0 Å². The van der Waals surface area contributed by atoms with Crippen molar-refractivity contribution < 1.29 is 52.7 Å². The van der Waals surface area contributed by atoms with Crippen LogP contribution in [0.2, 0.25) is 0 Å². The maximum absolute atomic E-state index is 14.3. The molecule has 0 saturated carbocycles. The summed E-state index contributed by atoms with van der Waals surface area (Å²) in [4.78, 5) is 54.8. The van der Waals surface area contributed by atoms with Gasteiger partial charge in [0, 0.05) is 6.42 Å². The third kappa shape index (κ3) is 16.7. The Morgan fingerprint density at radius 3 is 1.51 bits per heavy atom. The molecule has 1 heterocycles. The van der Waals surface area contributed by atoms with E-state index >= 15 is 0 Å². The van der Waals surface area contributed by atoms with E-state index in [-0.39, 0.29) is 39.5 Å². The van der Waals surface area contributed by atoms with Crippen LogP contribution in [0.25, 0.3) is 0 Å². The molecule has 69 heavy (non-hydrogen) atoms. The number of benzene rings is 5. The van der Waals surface area contributed by atoms with Crippen molar-refractivity contribution in [1.82, 2.24) is 16.0 Å². The zero-order valence-electron chi connectivity index (χ0n) is 40.0. The molecule has 0 aromatic heterocycles. The zero-order valence-corrected chi connectivity index (χ0v) is 40.0. The van der Waals surface area contributed by atoms with Crippen molar-refractivity contribution in [3.63, 3.8) is 0 Å². The van der Waals surface area contributed by atoms with Crippen molar-refractivity contribution in [3.8, 4) is 0 Å². The van der Waals surface area contributed by atoms with Crippen LogP contribution in [0.1, 0.15) is 68.9 Å². The molecule has 3 amide bonds. The second-order valence-electron chi connectivity index (χ2n) is 18.4. The van der Waals surface area contributed by atoms with Gasteiger partial charge in [-0.15, -0.1) is 0 Å². The Morgan fingerprint density at radius 1 is 0.594 bits per heavy atom. The topological polar surface area (TPSA) is 180 Å². The van der Waals surface area contributed by atoms with Gasteiger partial charge in [-0.2, -0.15) is 0 Å². The number of hydrogen-bond acceptors (Lipinski definition) is 11. The second kappa shape index (κ2) is 25.4. The van der Waals surface area contributed by atoms with Crippen molar-refractivity contribution in [2.45, 2.75) is 128 Å². The lowest BCUT2D eigenvalue weighted by Gasteiger charge is -2.46. The van der Waals surface area contributed by atoms with Crippen molar-refractivity contribution in [2.24, 2.45) is 0 Å². The molecule has 1 aliphatic heterocycles. The summed E-state index contributed by atoms with van der Waals surface area (Å²) in [6.45, 7) is 8.61. The molecule has 1 aliphatic rings. The number of rotatable bonds is 23. The van der Waals surface area contributed by atoms with E-state index in [2.05, 4.69) is 16.0 Å². The maximum atomic E-state index is 14.3. The predicted octanol–water partition coefficient (Wildman–Crippen LogP) is 6.52. The number of hydrogen-bond donors (Lipinski definition) is 4. The van der Waals surface area contributed by atoms with Crippen LogP contribution in [0, 0.1) is 0 Å². The van der Waals surface area contributed by atoms with E-state index in [4.69, 9.17) is 28.4 Å². The summed E-state index contributed by atoms with van der Waals surface area (Å²) in [5.74, 6) is -3.10. The smallest absolute Gasteiger partial charge is 0.328 e. The van der Waals surface area contributed by atoms with Crippen molar-refractivity contribution in [2.75, 3.05) is 6.61 Å². The summed E-state index contributed by atoms with van der Waals surface area (Å²) in [7, 11) is 0. The highest BCUT2D eigenvalue weighted by Crippen LogP contribution is 2.31. The molecule has 0 aliphatic carbocycles. The molecule has 4 N–H and O–H groups in total. The Morgan fingerprint density at radius 2 is 1.03 bits per heavy atom. The summed E-state index contributed by atoms with van der Waals surface area (Å²) < 4.78 is 38.6. The number of esters is 1. The molecule has 14 nitrogen and oxygen atoms in total. The summed E-state index contributed by atoms with van der Waals surface area (Å²) in [6, 6.07) is 45.2. The van der Waals surface area contributed by atoms with Gasteiger partial charge < -0.3 is 49.5 Å². The van der Waals surface area contributed by atoms with E-state index in [1.165, 1.54) is 13.8 Å². The number of carbonyl (C=O) groups excluding carboxylic acids is 4. The van der Waals surface area contributed by atoms with E-state index in [0.717, 1.165) is 22.3 Å². The van der Waals surface area contributed by atoms with Crippen LogP contribution in [0.15, 0.2) is 152 Å². The molecule has 0 bridgehead atoms. The number of nitrogens with one attached hydrogen (secondary N) is 3. The van der Waals surface area contributed by atoms with E-state index in [9.17, 15) is 24.3 Å². The number of ether oxygens (including phenoxy) is 6. The van der Waals surface area contributed by atoms with Crippen LogP contribution in [0.5, 0.6) is 0 Å². The minimum atomic E-state index is -2.34. The summed E-state index contributed by atoms with van der Waals surface area (Å²) in [5.41, 5.74) is 1.18. The van der Waals surface area contributed by atoms with E-state index in [0.29, 0.717) is 5.56 Å². The Hall–Kier alpha value is -6.26. The normalized spacial score (nSPS) is 19.8. The molecule has 366 valence electrons. The average Bonchev–Trinajstić information content (AvgIpc) is 3.33. The molecule has 5 aromatic rings. The maximum Gasteiger partial charge on any atom is 0.328 e. The van der Waals surface area contributed by atoms with Gasteiger partial charge in [-0.05, 0) is 62.4 Å². The Bertz CT molecular complexity index is 2350. The fourth-order valence-corrected chi connectivity index (χ4v) is 7.64. The van der Waals surface area contributed by atoms with Gasteiger partial charge in [0.1, 0.15) is 47.7 Å². The van der Waals surface area contributed by atoms with Gasteiger partial charge in [-0.25, -0.2) is 4.79 Å². The van der Waals surface area contributed by atoms with Gasteiger partial charge in [0.15, 0.2) is 6.23 Å². The molecule has 0 radical (unpaired) electrons. The Labute approximate surface area is 405 Å². The number of carbonyl (C=O) groups is 4. The summed E-state index contributed by atoms with van der Waals surface area (Å²) in [5, 5.41) is 19.9. The van der Waals surface area contributed by atoms with E-state index < -0.39 is 84.0 Å². The lowest BCUT2D eigenvalue weighted by Crippen LogP contribution is -2.65. The minimum Gasteiger partial charge on any atom is -0.458 e. The first-order chi connectivity index (χ1) is 33.1. The standard InChI is InChI=1S/C55H65N3O11/c1-38(52(61)69-54(2,3)4)56-50(60)44(31-39-21-11-6-12-22-39)57-53(62)55(5,63)32-46(59)58-51-49(67-36-43-29-19-10-20-30-43)48(66-35-42-27-17-9-18-28-42)47(65-34-41-25-15-8-16-26-41)45(68-51)37-64-33-40-23-13-7-14-24-40/h6-30,38,44-45,47-49,51,63H,31-37H2,1-5H3,(H,56,60)(H,57,62)(H,58,59)/t38-,44-,45+,47+,48-,49+,51+,55-/m0/s1. The van der Waals surface area contributed by atoms with Gasteiger partial charge in [0.2, 0.25) is 11.8 Å². The third-order valence-electron chi connectivity index (χ3n) is 11.2. The fourth-order valence-electron chi connectivity index (χ4n) is 7.64. The van der Waals surface area contributed by atoms with Crippen LogP contribution in [-0.4, -0.2) is 89.3 Å². The predicted molar refractivity (Wildman–Crippen MR) is 259 cm³/mol. The molecule has 5 aromatic carbocycles. The lowest BCUT2D eigenvalue weighted by molar-refractivity contribution is -0.277. The first-order valence-corrected chi connectivity index (χ1v) is 23.3. The number of aliphatic hydroxyl groups is 1. The minimum absolute atomic E-state index is 0.0175. The first kappa shape index (κ1) is 52.1. The largest absolute Gasteiger partial charge is 0.458 e.